The van der Waals surface area contributed by atoms with Crippen molar-refractivity contribution in [2.45, 2.75) is 49.8 Å². The Bertz CT molecular complexity index is 986. The number of hydrogen-bond acceptors (Lipinski definition) is 4. The van der Waals surface area contributed by atoms with E-state index in [0.29, 0.717) is 11.1 Å². The Morgan fingerprint density at radius 3 is 1.72 bits per heavy atom. The Morgan fingerprint density at radius 2 is 1.28 bits per heavy atom. The van der Waals surface area contributed by atoms with Gasteiger partial charge in [0.05, 0.1) is 4.90 Å². The number of sulfone groups is 1. The lowest BCUT2D eigenvalue weighted by Crippen LogP contribution is -2.30. The quantitative estimate of drug-likeness (QED) is 0.594. The molecule has 29 heavy (non-hydrogen) atoms. The fraction of sp³-hybridized carbons (Fsp3) is 0.391. The van der Waals surface area contributed by atoms with Gasteiger partial charge in [-0.05, 0) is 54.7 Å². The molecule has 0 radical (unpaired) electrons. The average Bonchev–Trinajstić information content (AvgIpc) is 2.68. The summed E-state index contributed by atoms with van der Waals surface area (Å²) in [6.07, 6.45) is 6.25. The lowest BCUT2D eigenvalue weighted by Gasteiger charge is -2.36. The van der Waals surface area contributed by atoms with E-state index in [1.807, 2.05) is 0 Å². The zero-order valence-electron chi connectivity index (χ0n) is 16.5. The first-order chi connectivity index (χ1) is 13.7. The van der Waals surface area contributed by atoms with Crippen molar-refractivity contribution in [3.05, 3.63) is 65.5 Å². The number of carbonyl (C=O) groups excluding carboxylic acids is 2. The molecule has 0 bridgehead atoms. The Balaban J connectivity index is 1.78. The van der Waals surface area contributed by atoms with E-state index in [-0.39, 0.29) is 35.1 Å². The molecule has 0 spiro atoms. The smallest absolute Gasteiger partial charge is 0.175 e. The summed E-state index contributed by atoms with van der Waals surface area (Å²) >= 11 is 0. The van der Waals surface area contributed by atoms with Crippen molar-refractivity contribution in [3.8, 4) is 0 Å². The van der Waals surface area contributed by atoms with Crippen LogP contribution in [-0.4, -0.2) is 26.2 Å². The molecule has 0 aromatic heterocycles. The zero-order chi connectivity index (χ0) is 21.1. The van der Waals surface area contributed by atoms with Crippen molar-refractivity contribution in [2.75, 3.05) is 6.26 Å². The van der Waals surface area contributed by atoms with Crippen LogP contribution in [0.5, 0.6) is 0 Å². The van der Waals surface area contributed by atoms with Gasteiger partial charge in [-0.25, -0.2) is 12.8 Å². The third-order valence-electron chi connectivity index (χ3n) is 5.76. The molecule has 0 unspecified atom stereocenters. The molecule has 1 fully saturated rings. The van der Waals surface area contributed by atoms with Crippen LogP contribution in [0.2, 0.25) is 0 Å². The predicted molar refractivity (Wildman–Crippen MR) is 109 cm³/mol. The normalized spacial score (nSPS) is 16.3. The lowest BCUT2D eigenvalue weighted by molar-refractivity contribution is 0.0757. The number of benzene rings is 2. The minimum atomic E-state index is -3.32. The second-order valence-corrected chi connectivity index (χ2v) is 10.1. The van der Waals surface area contributed by atoms with E-state index in [4.69, 9.17) is 0 Å². The van der Waals surface area contributed by atoms with E-state index in [1.54, 1.807) is 0 Å². The van der Waals surface area contributed by atoms with Gasteiger partial charge in [-0.15, -0.1) is 0 Å². The molecule has 0 heterocycles. The Hall–Kier alpha value is -2.34. The van der Waals surface area contributed by atoms with E-state index in [0.717, 1.165) is 38.4 Å². The van der Waals surface area contributed by atoms with Gasteiger partial charge in [-0.3, -0.25) is 9.59 Å². The molecule has 1 aliphatic rings. The summed E-state index contributed by atoms with van der Waals surface area (Å²) in [5.41, 5.74) is 0.508. The molecule has 0 saturated heterocycles. The minimum absolute atomic E-state index is 0.0767. The molecular weight excluding hydrogens is 391 g/mol. The average molecular weight is 417 g/mol. The van der Waals surface area contributed by atoms with Crippen molar-refractivity contribution in [2.24, 2.45) is 5.41 Å². The highest BCUT2D eigenvalue weighted by atomic mass is 32.2. The number of carbonyl (C=O) groups is 2. The molecule has 0 aliphatic heterocycles. The Labute approximate surface area is 171 Å². The van der Waals surface area contributed by atoms with Gasteiger partial charge < -0.3 is 0 Å². The van der Waals surface area contributed by atoms with Crippen LogP contribution >= 0.6 is 0 Å². The first kappa shape index (κ1) is 21.4. The van der Waals surface area contributed by atoms with Gasteiger partial charge in [0.2, 0.25) is 0 Å². The molecule has 2 aromatic rings. The molecule has 2 aromatic carbocycles. The van der Waals surface area contributed by atoms with Crippen LogP contribution in [0, 0.1) is 11.2 Å². The third-order valence-corrected chi connectivity index (χ3v) is 6.88. The highest BCUT2D eigenvalue weighted by Gasteiger charge is 2.36. The third kappa shape index (κ3) is 5.38. The van der Waals surface area contributed by atoms with Gasteiger partial charge in [0.15, 0.2) is 21.4 Å². The molecule has 0 amide bonds. The van der Waals surface area contributed by atoms with Crippen molar-refractivity contribution in [3.63, 3.8) is 0 Å². The van der Waals surface area contributed by atoms with Crippen LogP contribution < -0.4 is 0 Å². The maximum absolute atomic E-state index is 13.2. The summed E-state index contributed by atoms with van der Waals surface area (Å²) in [4.78, 5) is 25.9. The Morgan fingerprint density at radius 1 is 0.828 bits per heavy atom. The molecule has 6 heteroatoms. The van der Waals surface area contributed by atoms with Crippen LogP contribution in [0.3, 0.4) is 0 Å². The van der Waals surface area contributed by atoms with Crippen LogP contribution in [0.15, 0.2) is 53.4 Å². The van der Waals surface area contributed by atoms with Gasteiger partial charge in [0.25, 0.3) is 0 Å². The molecule has 154 valence electrons. The summed E-state index contributed by atoms with van der Waals surface area (Å²) in [7, 11) is -3.32. The Kier molecular flexibility index (Phi) is 6.32. The highest BCUT2D eigenvalue weighted by Crippen LogP contribution is 2.44. The number of ketones is 2. The molecule has 1 aliphatic carbocycles. The predicted octanol–water partition coefficient (Wildman–Crippen LogP) is 5.03. The fourth-order valence-corrected chi connectivity index (χ4v) is 4.76. The first-order valence-corrected chi connectivity index (χ1v) is 11.7. The molecule has 0 atom stereocenters. The van der Waals surface area contributed by atoms with Crippen molar-refractivity contribution in [1.29, 1.82) is 0 Å². The van der Waals surface area contributed by atoms with Crippen molar-refractivity contribution in [1.82, 2.24) is 0 Å². The first-order valence-electron chi connectivity index (χ1n) is 9.81. The summed E-state index contributed by atoms with van der Waals surface area (Å²) in [5, 5.41) is 0. The van der Waals surface area contributed by atoms with Crippen LogP contribution in [0.4, 0.5) is 4.39 Å². The van der Waals surface area contributed by atoms with Gasteiger partial charge in [0.1, 0.15) is 5.82 Å². The van der Waals surface area contributed by atoms with Gasteiger partial charge in [-0.2, -0.15) is 0 Å². The lowest BCUT2D eigenvalue weighted by atomic mass is 9.67. The zero-order valence-corrected chi connectivity index (χ0v) is 17.3. The second-order valence-electron chi connectivity index (χ2n) is 8.06. The fourth-order valence-electron chi connectivity index (χ4n) is 4.13. The summed E-state index contributed by atoms with van der Waals surface area (Å²) in [6.45, 7) is 0. The molecular formula is C23H25FO4S. The maximum Gasteiger partial charge on any atom is 0.175 e. The van der Waals surface area contributed by atoms with Crippen LogP contribution in [-0.2, 0) is 9.84 Å². The summed E-state index contributed by atoms with van der Waals surface area (Å²) < 4.78 is 36.4. The molecule has 1 saturated carbocycles. The highest BCUT2D eigenvalue weighted by molar-refractivity contribution is 7.90. The number of rotatable bonds is 7. The van der Waals surface area contributed by atoms with Crippen LogP contribution in [0.25, 0.3) is 0 Å². The van der Waals surface area contributed by atoms with E-state index in [2.05, 4.69) is 0 Å². The monoisotopic (exact) mass is 416 g/mol. The molecule has 4 nitrogen and oxygen atoms in total. The largest absolute Gasteiger partial charge is 0.294 e. The second kappa shape index (κ2) is 8.57. The van der Waals surface area contributed by atoms with E-state index in [9.17, 15) is 22.4 Å². The van der Waals surface area contributed by atoms with Gasteiger partial charge >= 0.3 is 0 Å². The van der Waals surface area contributed by atoms with Crippen molar-refractivity contribution >= 4 is 21.4 Å². The van der Waals surface area contributed by atoms with E-state index in [1.165, 1.54) is 48.5 Å². The number of Topliss-reactive ketones (excluding diaryl/α,β-unsaturated/α-hetero) is 2. The standard InChI is InChI=1S/C23H25FO4S/c1-29(27,28)20-11-7-18(8-12-20)22(26)16-23(13-3-2-4-14-23)15-21(25)17-5-9-19(24)10-6-17/h5-12H,2-4,13-16H2,1H3. The van der Waals surface area contributed by atoms with Crippen LogP contribution in [0.1, 0.15) is 65.7 Å². The maximum atomic E-state index is 13.2. The summed E-state index contributed by atoms with van der Waals surface area (Å²) in [6, 6.07) is 11.5. The van der Waals surface area contributed by atoms with Gasteiger partial charge in [0, 0.05) is 30.2 Å². The van der Waals surface area contributed by atoms with E-state index >= 15 is 0 Å². The minimum Gasteiger partial charge on any atom is -0.294 e. The van der Waals surface area contributed by atoms with Gasteiger partial charge in [-0.1, -0.05) is 31.4 Å². The molecule has 0 N–H and O–H groups in total. The summed E-state index contributed by atoms with van der Waals surface area (Å²) in [5.74, 6) is -0.548. The SMILES string of the molecule is CS(=O)(=O)c1ccc(C(=O)CC2(CC(=O)c3ccc(F)cc3)CCCCC2)cc1. The molecule has 3 rings (SSSR count). The topological polar surface area (TPSA) is 68.3 Å². The number of hydrogen-bond donors (Lipinski definition) is 0. The van der Waals surface area contributed by atoms with Crippen molar-refractivity contribution < 1.29 is 22.4 Å². The number of halogens is 1. The van der Waals surface area contributed by atoms with E-state index < -0.39 is 15.3 Å².